The number of nitrogens with one attached hydrogen (secondary N) is 2. The Bertz CT molecular complexity index is 663. The standard InChI is InChI=1S/C23H37N5O.HI/c1-3-24-23(25-17-22(29)27-13-8-5-9-14-27)26-21-12-15-28(19(2)16-21)18-20-10-6-4-7-11-20;/h4,6-7,10-11,19,21H,3,5,8-9,12-18H2,1-2H3,(H2,24,25,26);1H. The van der Waals surface area contributed by atoms with Crippen molar-refractivity contribution in [2.75, 3.05) is 32.7 Å². The SMILES string of the molecule is CCNC(=NCC(=O)N1CCCCC1)NC1CCN(Cc2ccccc2)C(C)C1.I. The lowest BCUT2D eigenvalue weighted by Crippen LogP contribution is -2.51. The third kappa shape index (κ3) is 7.72. The summed E-state index contributed by atoms with van der Waals surface area (Å²) in [6, 6.07) is 11.6. The van der Waals surface area contributed by atoms with E-state index >= 15 is 0 Å². The van der Waals surface area contributed by atoms with Crippen molar-refractivity contribution in [2.24, 2.45) is 4.99 Å². The van der Waals surface area contributed by atoms with Gasteiger partial charge in [0.2, 0.25) is 5.91 Å². The Hall–Kier alpha value is -1.35. The monoisotopic (exact) mass is 527 g/mol. The molecule has 0 saturated carbocycles. The van der Waals surface area contributed by atoms with Gasteiger partial charge in [0.15, 0.2) is 5.96 Å². The first-order chi connectivity index (χ1) is 14.2. The molecule has 2 heterocycles. The smallest absolute Gasteiger partial charge is 0.244 e. The average molecular weight is 527 g/mol. The summed E-state index contributed by atoms with van der Waals surface area (Å²) in [5, 5.41) is 6.88. The second-order valence-electron chi connectivity index (χ2n) is 8.31. The molecule has 1 amide bonds. The molecule has 1 aromatic rings. The number of likely N-dealkylation sites (tertiary alicyclic amines) is 2. The molecule has 2 aliphatic heterocycles. The molecule has 7 heteroatoms. The second kappa shape index (κ2) is 13.1. The molecule has 0 bridgehead atoms. The summed E-state index contributed by atoms with van der Waals surface area (Å²) in [4.78, 5) is 21.5. The first-order valence-corrected chi connectivity index (χ1v) is 11.3. The molecule has 0 radical (unpaired) electrons. The predicted octanol–water partition coefficient (Wildman–Crippen LogP) is 3.23. The maximum absolute atomic E-state index is 12.4. The number of halogens is 1. The van der Waals surface area contributed by atoms with E-state index < -0.39 is 0 Å². The van der Waals surface area contributed by atoms with Gasteiger partial charge in [0.25, 0.3) is 0 Å². The third-order valence-electron chi connectivity index (χ3n) is 6.01. The maximum atomic E-state index is 12.4. The van der Waals surface area contributed by atoms with Crippen molar-refractivity contribution < 1.29 is 4.79 Å². The minimum Gasteiger partial charge on any atom is -0.357 e. The highest BCUT2D eigenvalue weighted by Crippen LogP contribution is 2.20. The summed E-state index contributed by atoms with van der Waals surface area (Å²) in [7, 11) is 0. The van der Waals surface area contributed by atoms with Crippen LogP contribution in [0.4, 0.5) is 0 Å². The molecule has 2 unspecified atom stereocenters. The number of guanidine groups is 1. The van der Waals surface area contributed by atoms with Crippen LogP contribution in [-0.2, 0) is 11.3 Å². The molecule has 2 aliphatic rings. The molecule has 0 aromatic heterocycles. The van der Waals surface area contributed by atoms with Gasteiger partial charge in [0, 0.05) is 44.8 Å². The summed E-state index contributed by atoms with van der Waals surface area (Å²) >= 11 is 0. The van der Waals surface area contributed by atoms with Crippen LogP contribution < -0.4 is 10.6 Å². The van der Waals surface area contributed by atoms with E-state index in [0.29, 0.717) is 12.1 Å². The zero-order valence-corrected chi connectivity index (χ0v) is 20.8. The molecule has 2 atom stereocenters. The summed E-state index contributed by atoms with van der Waals surface area (Å²) in [5.41, 5.74) is 1.37. The van der Waals surface area contributed by atoms with Crippen molar-refractivity contribution >= 4 is 35.8 Å². The van der Waals surface area contributed by atoms with Gasteiger partial charge < -0.3 is 15.5 Å². The minimum absolute atomic E-state index is 0. The summed E-state index contributed by atoms with van der Waals surface area (Å²) < 4.78 is 0. The maximum Gasteiger partial charge on any atom is 0.244 e. The van der Waals surface area contributed by atoms with Crippen molar-refractivity contribution in [2.45, 2.75) is 64.6 Å². The number of amides is 1. The molecule has 0 spiro atoms. The first kappa shape index (κ1) is 24.9. The van der Waals surface area contributed by atoms with Crippen molar-refractivity contribution in [3.63, 3.8) is 0 Å². The molecule has 2 saturated heterocycles. The molecule has 30 heavy (non-hydrogen) atoms. The fourth-order valence-corrected chi connectivity index (χ4v) is 4.31. The zero-order valence-electron chi connectivity index (χ0n) is 18.5. The predicted molar refractivity (Wildman–Crippen MR) is 134 cm³/mol. The second-order valence-corrected chi connectivity index (χ2v) is 8.31. The Morgan fingerprint density at radius 1 is 1.13 bits per heavy atom. The molecule has 3 rings (SSSR count). The van der Waals surface area contributed by atoms with Gasteiger partial charge >= 0.3 is 0 Å². The molecular formula is C23H38IN5O. The van der Waals surface area contributed by atoms with Gasteiger partial charge in [-0.2, -0.15) is 0 Å². The zero-order chi connectivity index (χ0) is 20.5. The normalized spacial score (nSPS) is 22.9. The van der Waals surface area contributed by atoms with Gasteiger partial charge in [-0.1, -0.05) is 30.3 Å². The minimum atomic E-state index is 0. The van der Waals surface area contributed by atoms with Crippen LogP contribution in [0.25, 0.3) is 0 Å². The van der Waals surface area contributed by atoms with E-state index in [4.69, 9.17) is 0 Å². The van der Waals surface area contributed by atoms with Gasteiger partial charge in [-0.3, -0.25) is 9.69 Å². The van der Waals surface area contributed by atoms with Crippen molar-refractivity contribution in [1.82, 2.24) is 20.4 Å². The first-order valence-electron chi connectivity index (χ1n) is 11.3. The molecule has 168 valence electrons. The molecule has 2 N–H and O–H groups in total. The van der Waals surface area contributed by atoms with Gasteiger partial charge in [-0.05, 0) is 51.5 Å². The number of carbonyl (C=O) groups is 1. The fraction of sp³-hybridized carbons (Fsp3) is 0.652. The summed E-state index contributed by atoms with van der Waals surface area (Å²) in [5.74, 6) is 0.916. The van der Waals surface area contributed by atoms with Gasteiger partial charge in [0.1, 0.15) is 6.54 Å². The van der Waals surface area contributed by atoms with E-state index in [-0.39, 0.29) is 36.4 Å². The highest BCUT2D eigenvalue weighted by atomic mass is 127. The quantitative estimate of drug-likeness (QED) is 0.339. The fourth-order valence-electron chi connectivity index (χ4n) is 4.31. The van der Waals surface area contributed by atoms with E-state index in [2.05, 4.69) is 64.7 Å². The topological polar surface area (TPSA) is 60.0 Å². The lowest BCUT2D eigenvalue weighted by molar-refractivity contribution is -0.130. The molecular weight excluding hydrogens is 489 g/mol. The largest absolute Gasteiger partial charge is 0.357 e. The van der Waals surface area contributed by atoms with Crippen LogP contribution in [0.5, 0.6) is 0 Å². The molecule has 1 aromatic carbocycles. The van der Waals surface area contributed by atoms with E-state index in [1.807, 2.05) is 4.90 Å². The van der Waals surface area contributed by atoms with Crippen LogP contribution in [0.3, 0.4) is 0 Å². The molecule has 0 aliphatic carbocycles. The van der Waals surface area contributed by atoms with Crippen LogP contribution in [0.2, 0.25) is 0 Å². The number of benzene rings is 1. The van der Waals surface area contributed by atoms with Gasteiger partial charge in [0.05, 0.1) is 0 Å². The lowest BCUT2D eigenvalue weighted by Gasteiger charge is -2.38. The average Bonchev–Trinajstić information content (AvgIpc) is 2.75. The van der Waals surface area contributed by atoms with Crippen molar-refractivity contribution in [3.8, 4) is 0 Å². The summed E-state index contributed by atoms with van der Waals surface area (Å²) in [6.07, 6.45) is 5.64. The number of rotatable bonds is 6. The van der Waals surface area contributed by atoms with E-state index in [0.717, 1.165) is 64.4 Å². The molecule has 6 nitrogen and oxygen atoms in total. The molecule has 2 fully saturated rings. The van der Waals surface area contributed by atoms with Crippen LogP contribution in [-0.4, -0.2) is 66.5 Å². The number of piperidine rings is 2. The van der Waals surface area contributed by atoms with Crippen molar-refractivity contribution in [3.05, 3.63) is 35.9 Å². The Labute approximate surface area is 198 Å². The van der Waals surface area contributed by atoms with Gasteiger partial charge in [-0.25, -0.2) is 4.99 Å². The van der Waals surface area contributed by atoms with Crippen LogP contribution >= 0.6 is 24.0 Å². The Morgan fingerprint density at radius 2 is 1.87 bits per heavy atom. The third-order valence-corrected chi connectivity index (χ3v) is 6.01. The number of hydrogen-bond donors (Lipinski definition) is 2. The van der Waals surface area contributed by atoms with Crippen LogP contribution in [0, 0.1) is 0 Å². The van der Waals surface area contributed by atoms with E-state index in [1.54, 1.807) is 0 Å². The number of carbonyl (C=O) groups excluding carboxylic acids is 1. The van der Waals surface area contributed by atoms with Crippen LogP contribution in [0.1, 0.15) is 51.5 Å². The Kier molecular flexibility index (Phi) is 10.9. The highest BCUT2D eigenvalue weighted by molar-refractivity contribution is 14.0. The Balaban J connectivity index is 0.00000320. The van der Waals surface area contributed by atoms with Crippen molar-refractivity contribution in [1.29, 1.82) is 0 Å². The summed E-state index contributed by atoms with van der Waals surface area (Å²) in [6.45, 7) is 9.25. The van der Waals surface area contributed by atoms with Crippen LogP contribution in [0.15, 0.2) is 35.3 Å². The van der Waals surface area contributed by atoms with E-state index in [1.165, 1.54) is 12.0 Å². The number of nitrogens with zero attached hydrogens (tertiary/aromatic N) is 3. The Morgan fingerprint density at radius 3 is 2.53 bits per heavy atom. The number of aliphatic imine (C=N–C) groups is 1. The number of hydrogen-bond acceptors (Lipinski definition) is 3. The van der Waals surface area contributed by atoms with Gasteiger partial charge in [-0.15, -0.1) is 24.0 Å². The van der Waals surface area contributed by atoms with E-state index in [9.17, 15) is 4.79 Å². The lowest BCUT2D eigenvalue weighted by atomic mass is 9.97. The highest BCUT2D eigenvalue weighted by Gasteiger charge is 2.26.